The van der Waals surface area contributed by atoms with Crippen LogP contribution in [-0.4, -0.2) is 23.6 Å². The van der Waals surface area contributed by atoms with Crippen molar-refractivity contribution >= 4 is 5.91 Å². The van der Waals surface area contributed by atoms with Gasteiger partial charge in [0.15, 0.2) is 0 Å². The summed E-state index contributed by atoms with van der Waals surface area (Å²) in [5.74, 6) is -0.400. The number of hydrogen-bond donors (Lipinski definition) is 2. The van der Waals surface area contributed by atoms with Crippen molar-refractivity contribution in [3.05, 3.63) is 23.5 Å². The highest BCUT2D eigenvalue weighted by molar-refractivity contribution is 5.78. The molecule has 0 spiro atoms. The van der Waals surface area contributed by atoms with Crippen molar-refractivity contribution in [2.24, 2.45) is 0 Å². The van der Waals surface area contributed by atoms with Crippen LogP contribution in [-0.2, 0) is 11.2 Å². The average molecular weight is 234 g/mol. The van der Waals surface area contributed by atoms with Gasteiger partial charge in [0.05, 0.1) is 12.8 Å². The lowest BCUT2D eigenvalue weighted by molar-refractivity contribution is -0.135. The Morgan fingerprint density at radius 2 is 2.19 bits per heavy atom. The molecule has 1 rings (SSSR count). The first-order chi connectivity index (χ1) is 7.37. The number of amides is 1. The number of aromatic amines is 1. The smallest absolute Gasteiger partial charge is 0.365 e. The van der Waals surface area contributed by atoms with Gasteiger partial charge in [0, 0.05) is 18.4 Å². The fourth-order valence-corrected chi connectivity index (χ4v) is 1.26. The minimum Gasteiger partial charge on any atom is -0.365 e. The SMILES string of the molecule is Cc1cc(CC(=O)NCCC(F)(F)F)c[nH]1. The largest absolute Gasteiger partial charge is 0.390 e. The second kappa shape index (κ2) is 5.05. The van der Waals surface area contributed by atoms with E-state index in [0.29, 0.717) is 0 Å². The van der Waals surface area contributed by atoms with Crippen LogP contribution in [0.4, 0.5) is 13.2 Å². The molecule has 1 aromatic heterocycles. The quantitative estimate of drug-likeness (QED) is 0.821. The fourth-order valence-electron chi connectivity index (χ4n) is 1.26. The number of carbonyl (C=O) groups excluding carboxylic acids is 1. The molecule has 0 aliphatic carbocycles. The summed E-state index contributed by atoms with van der Waals surface area (Å²) < 4.78 is 35.3. The highest BCUT2D eigenvalue weighted by Crippen LogP contribution is 2.18. The van der Waals surface area contributed by atoms with E-state index in [-0.39, 0.29) is 13.0 Å². The average Bonchev–Trinajstić information content (AvgIpc) is 2.48. The molecule has 0 fully saturated rings. The summed E-state index contributed by atoms with van der Waals surface area (Å²) in [6.07, 6.45) is -3.45. The van der Waals surface area contributed by atoms with Crippen LogP contribution in [0.1, 0.15) is 17.7 Å². The van der Waals surface area contributed by atoms with E-state index in [1.165, 1.54) is 0 Å². The van der Waals surface area contributed by atoms with Crippen LogP contribution in [0.25, 0.3) is 0 Å². The molecule has 0 radical (unpaired) electrons. The van der Waals surface area contributed by atoms with E-state index < -0.39 is 18.5 Å². The maximum absolute atomic E-state index is 11.8. The number of aryl methyl sites for hydroxylation is 1. The molecule has 0 aliphatic rings. The number of rotatable bonds is 4. The molecule has 0 saturated heterocycles. The Morgan fingerprint density at radius 3 is 2.69 bits per heavy atom. The molecule has 0 aromatic carbocycles. The van der Waals surface area contributed by atoms with E-state index >= 15 is 0 Å². The van der Waals surface area contributed by atoms with Crippen LogP contribution in [0.15, 0.2) is 12.3 Å². The Hall–Kier alpha value is -1.46. The van der Waals surface area contributed by atoms with Gasteiger partial charge in [-0.3, -0.25) is 4.79 Å². The summed E-state index contributed by atoms with van der Waals surface area (Å²) in [7, 11) is 0. The van der Waals surface area contributed by atoms with E-state index in [0.717, 1.165) is 11.3 Å². The van der Waals surface area contributed by atoms with Crippen molar-refractivity contribution in [3.63, 3.8) is 0 Å². The van der Waals surface area contributed by atoms with Crippen LogP contribution in [0.2, 0.25) is 0 Å². The summed E-state index contributed by atoms with van der Waals surface area (Å²) in [5, 5.41) is 2.22. The number of alkyl halides is 3. The summed E-state index contributed by atoms with van der Waals surface area (Å²) in [6.45, 7) is 1.47. The van der Waals surface area contributed by atoms with Crippen molar-refractivity contribution in [1.29, 1.82) is 0 Å². The summed E-state index contributed by atoms with van der Waals surface area (Å²) in [6, 6.07) is 1.78. The van der Waals surface area contributed by atoms with Crippen molar-refractivity contribution in [2.45, 2.75) is 25.9 Å². The molecule has 2 N–H and O–H groups in total. The van der Waals surface area contributed by atoms with Crippen LogP contribution in [0, 0.1) is 6.92 Å². The van der Waals surface area contributed by atoms with E-state index in [1.54, 1.807) is 12.3 Å². The Balaban J connectivity index is 2.26. The van der Waals surface area contributed by atoms with Gasteiger partial charge in [-0.05, 0) is 18.6 Å². The van der Waals surface area contributed by atoms with E-state index in [2.05, 4.69) is 10.3 Å². The summed E-state index contributed by atoms with van der Waals surface area (Å²) in [4.78, 5) is 14.1. The fraction of sp³-hybridized carbons (Fsp3) is 0.500. The first-order valence-electron chi connectivity index (χ1n) is 4.84. The Bertz CT molecular complexity index is 357. The van der Waals surface area contributed by atoms with Crippen LogP contribution >= 0.6 is 0 Å². The van der Waals surface area contributed by atoms with Crippen LogP contribution in [0.5, 0.6) is 0 Å². The van der Waals surface area contributed by atoms with Gasteiger partial charge in [0.2, 0.25) is 5.91 Å². The normalized spacial score (nSPS) is 11.5. The summed E-state index contributed by atoms with van der Waals surface area (Å²) in [5.41, 5.74) is 1.68. The van der Waals surface area contributed by atoms with Gasteiger partial charge in [-0.25, -0.2) is 0 Å². The van der Waals surface area contributed by atoms with Gasteiger partial charge < -0.3 is 10.3 Å². The zero-order valence-electron chi connectivity index (χ0n) is 8.82. The number of nitrogens with one attached hydrogen (secondary N) is 2. The molecule has 90 valence electrons. The van der Waals surface area contributed by atoms with E-state index in [1.807, 2.05) is 6.92 Å². The third kappa shape index (κ3) is 4.86. The number of H-pyrrole nitrogens is 1. The molecule has 16 heavy (non-hydrogen) atoms. The molecule has 0 unspecified atom stereocenters. The molecule has 1 amide bonds. The van der Waals surface area contributed by atoms with Crippen LogP contribution in [0.3, 0.4) is 0 Å². The highest BCUT2D eigenvalue weighted by atomic mass is 19.4. The molecule has 0 atom stereocenters. The second-order valence-corrected chi connectivity index (χ2v) is 3.58. The van der Waals surface area contributed by atoms with Gasteiger partial charge in [-0.1, -0.05) is 0 Å². The molecule has 0 bridgehead atoms. The molecule has 1 heterocycles. The zero-order valence-corrected chi connectivity index (χ0v) is 8.82. The Morgan fingerprint density at radius 1 is 1.50 bits per heavy atom. The van der Waals surface area contributed by atoms with Crippen molar-refractivity contribution in [1.82, 2.24) is 10.3 Å². The van der Waals surface area contributed by atoms with Gasteiger partial charge in [-0.2, -0.15) is 13.2 Å². The Labute approximate surface area is 91.0 Å². The van der Waals surface area contributed by atoms with E-state index in [4.69, 9.17) is 0 Å². The lowest BCUT2D eigenvalue weighted by Crippen LogP contribution is -2.29. The third-order valence-corrected chi connectivity index (χ3v) is 1.98. The van der Waals surface area contributed by atoms with Crippen molar-refractivity contribution in [3.8, 4) is 0 Å². The lowest BCUT2D eigenvalue weighted by Gasteiger charge is -2.07. The van der Waals surface area contributed by atoms with Crippen LogP contribution < -0.4 is 5.32 Å². The topological polar surface area (TPSA) is 44.9 Å². The first-order valence-corrected chi connectivity index (χ1v) is 4.84. The minimum atomic E-state index is -4.22. The molecule has 6 heteroatoms. The van der Waals surface area contributed by atoms with Gasteiger partial charge in [0.1, 0.15) is 0 Å². The monoisotopic (exact) mass is 234 g/mol. The first kappa shape index (κ1) is 12.6. The molecular formula is C10H13F3N2O. The maximum Gasteiger partial charge on any atom is 0.390 e. The molecule has 0 aliphatic heterocycles. The standard InChI is InChI=1S/C10H13F3N2O/c1-7-4-8(6-15-7)5-9(16)14-3-2-10(11,12)13/h4,6,15H,2-3,5H2,1H3,(H,14,16). The predicted octanol–water partition coefficient (Wildman–Crippen LogP) is 1.93. The molecule has 0 saturated carbocycles. The number of carbonyl (C=O) groups is 1. The predicted molar refractivity (Wildman–Crippen MR) is 52.9 cm³/mol. The van der Waals surface area contributed by atoms with Gasteiger partial charge >= 0.3 is 6.18 Å². The van der Waals surface area contributed by atoms with Gasteiger partial charge in [0.25, 0.3) is 0 Å². The number of hydrogen-bond acceptors (Lipinski definition) is 1. The third-order valence-electron chi connectivity index (χ3n) is 1.98. The highest BCUT2D eigenvalue weighted by Gasteiger charge is 2.26. The summed E-state index contributed by atoms with van der Waals surface area (Å²) >= 11 is 0. The molecular weight excluding hydrogens is 221 g/mol. The van der Waals surface area contributed by atoms with E-state index in [9.17, 15) is 18.0 Å². The molecule has 1 aromatic rings. The minimum absolute atomic E-state index is 0.0994. The maximum atomic E-state index is 11.8. The Kier molecular flexibility index (Phi) is 3.98. The van der Waals surface area contributed by atoms with Crippen molar-refractivity contribution < 1.29 is 18.0 Å². The molecule has 3 nitrogen and oxygen atoms in total. The zero-order chi connectivity index (χ0) is 12.2. The number of halogens is 3. The second-order valence-electron chi connectivity index (χ2n) is 3.58. The number of aromatic nitrogens is 1. The van der Waals surface area contributed by atoms with Gasteiger partial charge in [-0.15, -0.1) is 0 Å². The van der Waals surface area contributed by atoms with Crippen molar-refractivity contribution in [2.75, 3.05) is 6.54 Å². The lowest BCUT2D eigenvalue weighted by atomic mass is 10.2.